The predicted octanol–water partition coefficient (Wildman–Crippen LogP) is 0.917. The quantitative estimate of drug-likeness (QED) is 0.643. The summed E-state index contributed by atoms with van der Waals surface area (Å²) in [4.78, 5) is 11.7. The highest BCUT2D eigenvalue weighted by atomic mass is 32.2. The molecule has 5 heteroatoms. The maximum Gasteiger partial charge on any atom is 0.239 e. The van der Waals surface area contributed by atoms with Gasteiger partial charge in [-0.3, -0.25) is 4.79 Å². The zero-order valence-corrected chi connectivity index (χ0v) is 11.3. The highest BCUT2D eigenvalue weighted by Gasteiger charge is 2.23. The Bertz CT molecular complexity index is 359. The van der Waals surface area contributed by atoms with Crippen LogP contribution in [-0.4, -0.2) is 35.1 Å². The van der Waals surface area contributed by atoms with Crippen molar-refractivity contribution in [2.75, 3.05) is 18.1 Å². The molecular weight excluding hydrogens is 248 g/mol. The van der Waals surface area contributed by atoms with Gasteiger partial charge >= 0.3 is 0 Å². The minimum Gasteiger partial charge on any atom is -0.386 e. The largest absolute Gasteiger partial charge is 0.386 e. The standard InChI is InChI=1S/C13H20N2O2S/c1-2-18-9-8-15-13(17)11(14)12(16)10-6-4-3-5-7-10/h3-7,11-12,16H,2,8-9,14H2,1H3,(H,15,17). The lowest BCUT2D eigenvalue weighted by molar-refractivity contribution is -0.124. The molecule has 0 spiro atoms. The number of amides is 1. The lowest BCUT2D eigenvalue weighted by Crippen LogP contribution is -2.45. The topological polar surface area (TPSA) is 75.4 Å². The van der Waals surface area contributed by atoms with E-state index in [1.165, 1.54) is 0 Å². The zero-order chi connectivity index (χ0) is 13.4. The third-order valence-electron chi connectivity index (χ3n) is 2.53. The van der Waals surface area contributed by atoms with Gasteiger partial charge in [-0.1, -0.05) is 37.3 Å². The Hall–Kier alpha value is -1.04. The Morgan fingerprint density at radius 1 is 1.44 bits per heavy atom. The molecule has 0 fully saturated rings. The number of hydrogen-bond donors (Lipinski definition) is 3. The molecule has 4 nitrogen and oxygen atoms in total. The zero-order valence-electron chi connectivity index (χ0n) is 10.5. The second kappa shape index (κ2) is 8.13. The summed E-state index contributed by atoms with van der Waals surface area (Å²) in [5, 5.41) is 12.7. The van der Waals surface area contributed by atoms with Crippen LogP contribution < -0.4 is 11.1 Å². The van der Waals surface area contributed by atoms with Crippen molar-refractivity contribution in [1.82, 2.24) is 5.32 Å². The van der Waals surface area contributed by atoms with Crippen molar-refractivity contribution in [2.45, 2.75) is 19.1 Å². The minimum absolute atomic E-state index is 0.317. The second-order valence-corrected chi connectivity index (χ2v) is 5.26. The number of aliphatic hydroxyl groups excluding tert-OH is 1. The van der Waals surface area contributed by atoms with Crippen LogP contribution in [0.4, 0.5) is 0 Å². The average Bonchev–Trinajstić information content (AvgIpc) is 2.42. The predicted molar refractivity (Wildman–Crippen MR) is 75.4 cm³/mol. The van der Waals surface area contributed by atoms with Crippen molar-refractivity contribution in [2.24, 2.45) is 5.73 Å². The van der Waals surface area contributed by atoms with Gasteiger partial charge in [0.2, 0.25) is 5.91 Å². The Balaban J connectivity index is 2.43. The van der Waals surface area contributed by atoms with Crippen molar-refractivity contribution >= 4 is 17.7 Å². The molecule has 0 radical (unpaired) electrons. The van der Waals surface area contributed by atoms with Crippen LogP contribution in [0.25, 0.3) is 0 Å². The van der Waals surface area contributed by atoms with Gasteiger partial charge in [0, 0.05) is 12.3 Å². The maximum atomic E-state index is 11.7. The van der Waals surface area contributed by atoms with Gasteiger partial charge < -0.3 is 16.2 Å². The molecule has 0 saturated carbocycles. The Labute approximate surface area is 112 Å². The summed E-state index contributed by atoms with van der Waals surface area (Å²) >= 11 is 1.75. The number of carbonyl (C=O) groups is 1. The molecule has 2 unspecified atom stereocenters. The fourth-order valence-electron chi connectivity index (χ4n) is 1.51. The molecule has 0 aliphatic rings. The molecule has 1 aromatic rings. The van der Waals surface area contributed by atoms with Crippen LogP contribution in [0.5, 0.6) is 0 Å². The second-order valence-electron chi connectivity index (χ2n) is 3.87. The third kappa shape index (κ3) is 4.68. The van der Waals surface area contributed by atoms with Gasteiger partial charge in [-0.15, -0.1) is 0 Å². The highest BCUT2D eigenvalue weighted by Crippen LogP contribution is 2.14. The number of rotatable bonds is 7. The van der Waals surface area contributed by atoms with E-state index in [9.17, 15) is 9.90 Å². The van der Waals surface area contributed by atoms with Crippen molar-refractivity contribution in [1.29, 1.82) is 0 Å². The number of benzene rings is 1. The summed E-state index contributed by atoms with van der Waals surface area (Å²) in [6.45, 7) is 2.64. The monoisotopic (exact) mass is 268 g/mol. The van der Waals surface area contributed by atoms with Crippen molar-refractivity contribution in [3.63, 3.8) is 0 Å². The molecule has 0 aromatic heterocycles. The fraction of sp³-hybridized carbons (Fsp3) is 0.462. The summed E-state index contributed by atoms with van der Waals surface area (Å²) in [7, 11) is 0. The molecule has 0 aliphatic heterocycles. The van der Waals surface area contributed by atoms with Crippen molar-refractivity contribution in [3.05, 3.63) is 35.9 Å². The summed E-state index contributed by atoms with van der Waals surface area (Å²) in [6, 6.07) is 8.04. The molecule has 0 aliphatic carbocycles. The normalized spacial score (nSPS) is 13.9. The van der Waals surface area contributed by atoms with E-state index >= 15 is 0 Å². The summed E-state index contributed by atoms with van der Waals surface area (Å²) in [5.41, 5.74) is 6.39. The van der Waals surface area contributed by atoms with Crippen LogP contribution in [-0.2, 0) is 4.79 Å². The molecule has 1 aromatic carbocycles. The minimum atomic E-state index is -0.968. The Morgan fingerprint density at radius 2 is 2.11 bits per heavy atom. The molecule has 0 bridgehead atoms. The summed E-state index contributed by atoms with van der Waals surface area (Å²) < 4.78 is 0. The van der Waals surface area contributed by atoms with E-state index in [0.29, 0.717) is 12.1 Å². The third-order valence-corrected chi connectivity index (χ3v) is 3.43. The van der Waals surface area contributed by atoms with Crippen LogP contribution >= 0.6 is 11.8 Å². The smallest absolute Gasteiger partial charge is 0.239 e. The van der Waals surface area contributed by atoms with Gasteiger partial charge in [0.25, 0.3) is 0 Å². The first-order valence-electron chi connectivity index (χ1n) is 6.01. The summed E-state index contributed by atoms with van der Waals surface area (Å²) in [6.07, 6.45) is -0.968. The first kappa shape index (κ1) is 15.0. The number of nitrogens with one attached hydrogen (secondary N) is 1. The molecule has 1 rings (SSSR count). The number of hydrogen-bond acceptors (Lipinski definition) is 4. The molecule has 1 amide bonds. The molecular formula is C13H20N2O2S. The molecule has 100 valence electrons. The van der Waals surface area contributed by atoms with Gasteiger partial charge in [-0.2, -0.15) is 11.8 Å². The molecule has 0 heterocycles. The van der Waals surface area contributed by atoms with E-state index in [0.717, 1.165) is 11.5 Å². The van der Waals surface area contributed by atoms with Gasteiger partial charge in [-0.05, 0) is 11.3 Å². The first-order valence-corrected chi connectivity index (χ1v) is 7.16. The van der Waals surface area contributed by atoms with Crippen molar-refractivity contribution in [3.8, 4) is 0 Å². The Morgan fingerprint density at radius 3 is 2.72 bits per heavy atom. The van der Waals surface area contributed by atoms with E-state index in [1.54, 1.807) is 36.0 Å². The number of carbonyl (C=O) groups excluding carboxylic acids is 1. The lowest BCUT2D eigenvalue weighted by Gasteiger charge is -2.18. The van der Waals surface area contributed by atoms with Gasteiger partial charge in [0.15, 0.2) is 0 Å². The fourth-order valence-corrected chi connectivity index (χ4v) is 2.04. The van der Waals surface area contributed by atoms with Crippen LogP contribution in [0.1, 0.15) is 18.6 Å². The van der Waals surface area contributed by atoms with Crippen LogP contribution in [0.3, 0.4) is 0 Å². The Kier molecular flexibility index (Phi) is 6.78. The van der Waals surface area contributed by atoms with Gasteiger partial charge in [0.1, 0.15) is 12.1 Å². The SMILES string of the molecule is CCSCCNC(=O)C(N)C(O)c1ccccc1. The number of aliphatic hydroxyl groups is 1. The van der Waals surface area contributed by atoms with E-state index in [4.69, 9.17) is 5.73 Å². The summed E-state index contributed by atoms with van der Waals surface area (Å²) in [5.74, 6) is 1.56. The first-order chi connectivity index (χ1) is 8.66. The lowest BCUT2D eigenvalue weighted by atomic mass is 10.0. The van der Waals surface area contributed by atoms with Gasteiger partial charge in [0.05, 0.1) is 0 Å². The van der Waals surface area contributed by atoms with E-state index in [-0.39, 0.29) is 5.91 Å². The molecule has 0 saturated heterocycles. The van der Waals surface area contributed by atoms with Crippen LogP contribution in [0.2, 0.25) is 0 Å². The average molecular weight is 268 g/mol. The molecule has 4 N–H and O–H groups in total. The van der Waals surface area contributed by atoms with E-state index < -0.39 is 12.1 Å². The van der Waals surface area contributed by atoms with Crippen molar-refractivity contribution < 1.29 is 9.90 Å². The van der Waals surface area contributed by atoms with E-state index in [1.807, 2.05) is 6.07 Å². The van der Waals surface area contributed by atoms with Gasteiger partial charge in [-0.25, -0.2) is 0 Å². The molecule has 18 heavy (non-hydrogen) atoms. The maximum absolute atomic E-state index is 11.7. The molecule has 2 atom stereocenters. The highest BCUT2D eigenvalue weighted by molar-refractivity contribution is 7.99. The number of nitrogens with two attached hydrogens (primary N) is 1. The van der Waals surface area contributed by atoms with Crippen LogP contribution in [0.15, 0.2) is 30.3 Å². The number of thioether (sulfide) groups is 1. The van der Waals surface area contributed by atoms with E-state index in [2.05, 4.69) is 12.2 Å². The van der Waals surface area contributed by atoms with Crippen LogP contribution in [0, 0.1) is 0 Å².